The van der Waals surface area contributed by atoms with E-state index in [0.29, 0.717) is 34.8 Å². The van der Waals surface area contributed by atoms with Crippen molar-refractivity contribution in [3.05, 3.63) is 65.7 Å². The number of anilines is 1. The van der Waals surface area contributed by atoms with Gasteiger partial charge in [-0.05, 0) is 42.2 Å². The number of carbonyl (C=O) groups excluding carboxylic acids is 1. The molecule has 0 aliphatic carbocycles. The third-order valence-corrected chi connectivity index (χ3v) is 5.02. The summed E-state index contributed by atoms with van der Waals surface area (Å²) in [4.78, 5) is 16.4. The lowest BCUT2D eigenvalue weighted by Crippen LogP contribution is -2.13. The molecule has 7 nitrogen and oxygen atoms in total. The van der Waals surface area contributed by atoms with Crippen LogP contribution in [0.5, 0.6) is 11.5 Å². The Morgan fingerprint density at radius 2 is 1.80 bits per heavy atom. The summed E-state index contributed by atoms with van der Waals surface area (Å²) in [6, 6.07) is 18.5. The molecule has 1 aromatic heterocycles. The van der Waals surface area contributed by atoms with Crippen molar-refractivity contribution in [3.63, 3.8) is 0 Å². The zero-order valence-corrected chi connectivity index (χ0v) is 17.7. The van der Waals surface area contributed by atoms with E-state index in [4.69, 9.17) is 9.47 Å². The number of nitrogens with zero attached hydrogens (tertiary/aromatic N) is 3. The van der Waals surface area contributed by atoms with E-state index in [0.717, 1.165) is 17.3 Å². The summed E-state index contributed by atoms with van der Waals surface area (Å²) < 4.78 is 15.3. The molecule has 3 rings (SSSR count). The molecule has 0 fully saturated rings. The lowest BCUT2D eigenvalue weighted by molar-refractivity contribution is -0.112. The average molecular weight is 439 g/mol. The second-order valence-electron chi connectivity index (χ2n) is 5.79. The first-order valence-corrected chi connectivity index (χ1v) is 10.9. The van der Waals surface area contributed by atoms with Crippen molar-refractivity contribution in [3.8, 4) is 17.6 Å². The molecule has 30 heavy (non-hydrogen) atoms. The van der Waals surface area contributed by atoms with E-state index in [1.165, 1.54) is 17.8 Å². The van der Waals surface area contributed by atoms with Crippen LogP contribution in [0.3, 0.4) is 0 Å². The number of aromatic nitrogens is 2. The highest BCUT2D eigenvalue weighted by Gasteiger charge is 2.12. The van der Waals surface area contributed by atoms with Gasteiger partial charge in [0.15, 0.2) is 0 Å². The van der Waals surface area contributed by atoms with Gasteiger partial charge < -0.3 is 9.47 Å². The summed E-state index contributed by atoms with van der Waals surface area (Å²) in [5.41, 5.74) is 0.678. The minimum Gasteiger partial charge on any atom is -0.490 e. The number of nitriles is 1. The predicted molar refractivity (Wildman–Crippen MR) is 118 cm³/mol. The second kappa shape index (κ2) is 11.0. The maximum Gasteiger partial charge on any atom is 0.268 e. The Bertz CT molecular complexity index is 1040. The molecule has 0 spiro atoms. The molecule has 1 heterocycles. The second-order valence-corrected chi connectivity index (χ2v) is 7.31. The van der Waals surface area contributed by atoms with E-state index in [1.54, 1.807) is 24.3 Å². The lowest BCUT2D eigenvalue weighted by Gasteiger charge is -2.08. The van der Waals surface area contributed by atoms with Gasteiger partial charge in [-0.3, -0.25) is 10.1 Å². The number of hydrogen-bond donors (Lipinski definition) is 1. The third-order valence-electron chi connectivity index (χ3n) is 3.73. The highest BCUT2D eigenvalue weighted by atomic mass is 32.2. The van der Waals surface area contributed by atoms with Crippen molar-refractivity contribution in [2.24, 2.45) is 0 Å². The van der Waals surface area contributed by atoms with Gasteiger partial charge in [0.05, 0.1) is 0 Å². The molecule has 0 saturated carbocycles. The van der Waals surface area contributed by atoms with Crippen LogP contribution in [-0.4, -0.2) is 34.7 Å². The summed E-state index contributed by atoms with van der Waals surface area (Å²) in [6.07, 6.45) is 3.35. The highest BCUT2D eigenvalue weighted by molar-refractivity contribution is 7.98. The molecular formula is C21H18N4O3S2. The quantitative estimate of drug-likeness (QED) is 0.231. The number of ether oxygens (including phenoxy) is 2. The van der Waals surface area contributed by atoms with E-state index in [9.17, 15) is 10.1 Å². The van der Waals surface area contributed by atoms with Crippen LogP contribution in [0.4, 0.5) is 5.13 Å². The van der Waals surface area contributed by atoms with Crippen LogP contribution in [0.25, 0.3) is 6.08 Å². The first kappa shape index (κ1) is 21.4. The van der Waals surface area contributed by atoms with Gasteiger partial charge >= 0.3 is 0 Å². The van der Waals surface area contributed by atoms with Crippen LogP contribution in [0.1, 0.15) is 5.56 Å². The average Bonchev–Trinajstić information content (AvgIpc) is 3.24. The zero-order chi connectivity index (χ0) is 21.2. The summed E-state index contributed by atoms with van der Waals surface area (Å²) in [6.45, 7) is 0.824. The van der Waals surface area contributed by atoms with Crippen molar-refractivity contribution in [1.29, 1.82) is 5.26 Å². The number of nitrogens with one attached hydrogen (secondary N) is 1. The van der Waals surface area contributed by atoms with Crippen LogP contribution in [0.15, 0.2) is 65.3 Å². The van der Waals surface area contributed by atoms with E-state index in [2.05, 4.69) is 14.7 Å². The topological polar surface area (TPSA) is 97.1 Å². The van der Waals surface area contributed by atoms with Gasteiger partial charge in [0.2, 0.25) is 10.3 Å². The van der Waals surface area contributed by atoms with Gasteiger partial charge in [0.25, 0.3) is 5.91 Å². The molecule has 0 aliphatic rings. The molecular weight excluding hydrogens is 420 g/mol. The van der Waals surface area contributed by atoms with Crippen molar-refractivity contribution >= 4 is 40.4 Å². The van der Waals surface area contributed by atoms with E-state index < -0.39 is 5.91 Å². The number of thioether (sulfide) groups is 1. The standard InChI is InChI=1S/C21H18N4O3S2/c1-29-21-24-20(30-25-21)23-19(26)16(14-22)13-15-7-9-18(10-8-15)28-12-11-27-17-5-3-2-4-6-17/h2-10,13H,11-12H2,1H3,(H,23,24,25,26). The van der Waals surface area contributed by atoms with Gasteiger partial charge in [0, 0.05) is 11.5 Å². The Hall–Kier alpha value is -3.35. The summed E-state index contributed by atoms with van der Waals surface area (Å²) >= 11 is 2.45. The van der Waals surface area contributed by atoms with Crippen molar-refractivity contribution < 1.29 is 14.3 Å². The number of benzene rings is 2. The molecule has 0 aliphatic heterocycles. The van der Waals surface area contributed by atoms with Crippen LogP contribution in [0, 0.1) is 11.3 Å². The lowest BCUT2D eigenvalue weighted by atomic mass is 10.1. The summed E-state index contributed by atoms with van der Waals surface area (Å²) in [7, 11) is 0. The van der Waals surface area contributed by atoms with Gasteiger partial charge in [0.1, 0.15) is 36.4 Å². The van der Waals surface area contributed by atoms with E-state index >= 15 is 0 Å². The Morgan fingerprint density at radius 3 is 2.40 bits per heavy atom. The number of amides is 1. The van der Waals surface area contributed by atoms with Crippen LogP contribution in [-0.2, 0) is 4.79 Å². The minimum absolute atomic E-state index is 0.0270. The van der Waals surface area contributed by atoms with Crippen molar-refractivity contribution in [1.82, 2.24) is 9.36 Å². The molecule has 0 saturated heterocycles. The molecule has 1 N–H and O–H groups in total. The Balaban J connectivity index is 1.52. The van der Waals surface area contributed by atoms with Gasteiger partial charge in [-0.25, -0.2) is 0 Å². The first-order chi connectivity index (χ1) is 14.7. The molecule has 1 amide bonds. The summed E-state index contributed by atoms with van der Waals surface area (Å²) in [5, 5.41) is 12.8. The Morgan fingerprint density at radius 1 is 1.13 bits per heavy atom. The van der Waals surface area contributed by atoms with Crippen molar-refractivity contribution in [2.75, 3.05) is 24.8 Å². The largest absolute Gasteiger partial charge is 0.490 e. The molecule has 0 unspecified atom stereocenters. The normalized spacial score (nSPS) is 10.9. The number of carbonyl (C=O) groups is 1. The monoisotopic (exact) mass is 438 g/mol. The molecule has 0 radical (unpaired) electrons. The van der Waals surface area contributed by atoms with Gasteiger partial charge in [-0.2, -0.15) is 14.6 Å². The fourth-order valence-electron chi connectivity index (χ4n) is 2.32. The summed E-state index contributed by atoms with van der Waals surface area (Å²) in [5.74, 6) is 0.937. The maximum absolute atomic E-state index is 12.3. The van der Waals surface area contributed by atoms with Crippen LogP contribution < -0.4 is 14.8 Å². The fraction of sp³-hybridized carbons (Fsp3) is 0.143. The van der Waals surface area contributed by atoms with E-state index in [1.807, 2.05) is 42.7 Å². The van der Waals surface area contributed by atoms with Gasteiger partial charge in [-0.15, -0.1) is 0 Å². The Labute approximate surface area is 182 Å². The molecule has 0 bridgehead atoms. The zero-order valence-electron chi connectivity index (χ0n) is 16.1. The molecule has 0 atom stereocenters. The highest BCUT2D eigenvalue weighted by Crippen LogP contribution is 2.19. The fourth-order valence-corrected chi connectivity index (χ4v) is 3.44. The number of para-hydroxylation sites is 1. The predicted octanol–water partition coefficient (Wildman–Crippen LogP) is 4.26. The van der Waals surface area contributed by atoms with Crippen molar-refractivity contribution in [2.45, 2.75) is 5.16 Å². The Kier molecular flexibility index (Phi) is 7.83. The van der Waals surface area contributed by atoms with Crippen LogP contribution in [0.2, 0.25) is 0 Å². The SMILES string of the molecule is CSc1nsc(NC(=O)C(C#N)=Cc2ccc(OCCOc3ccccc3)cc2)n1. The maximum atomic E-state index is 12.3. The van der Waals surface area contributed by atoms with Crippen LogP contribution >= 0.6 is 23.3 Å². The molecule has 152 valence electrons. The molecule has 9 heteroatoms. The van der Waals surface area contributed by atoms with Gasteiger partial charge in [-0.1, -0.05) is 42.1 Å². The molecule has 3 aromatic rings. The molecule has 2 aromatic carbocycles. The third kappa shape index (κ3) is 6.34. The first-order valence-electron chi connectivity index (χ1n) is 8.89. The minimum atomic E-state index is -0.528. The smallest absolute Gasteiger partial charge is 0.268 e. The number of rotatable bonds is 9. The van der Waals surface area contributed by atoms with E-state index in [-0.39, 0.29) is 5.57 Å². The number of hydrogen-bond acceptors (Lipinski definition) is 8.